The van der Waals surface area contributed by atoms with E-state index < -0.39 is 10.1 Å². The number of allylic oxidation sites excluding steroid dienone is 5. The number of carbonyl (C=O) groups is 1. The molecule has 0 radical (unpaired) electrons. The van der Waals surface area contributed by atoms with E-state index >= 15 is 0 Å². The Morgan fingerprint density at radius 2 is 1.33 bits per heavy atom. The first kappa shape index (κ1) is 26.2. The first-order chi connectivity index (χ1) is 13.5. The van der Waals surface area contributed by atoms with Crippen molar-refractivity contribution in [1.29, 1.82) is 0 Å². The summed E-state index contributed by atoms with van der Waals surface area (Å²) in [6.07, 6.45) is 3.30. The first-order valence-electron chi connectivity index (χ1n) is 7.77. The topological polar surface area (TPSA) is 94.5 Å². The molecule has 30 heavy (non-hydrogen) atoms. The molecular formula is C19H9Br4NaO5S. The van der Waals surface area contributed by atoms with Crippen LogP contribution in [-0.4, -0.2) is 23.9 Å². The number of ketones is 1. The van der Waals surface area contributed by atoms with E-state index in [4.69, 9.17) is 0 Å². The summed E-state index contributed by atoms with van der Waals surface area (Å²) in [6.45, 7) is 0. The van der Waals surface area contributed by atoms with Crippen LogP contribution in [0.15, 0.2) is 76.9 Å². The van der Waals surface area contributed by atoms with Crippen LogP contribution in [0.5, 0.6) is 5.75 Å². The van der Waals surface area contributed by atoms with E-state index in [1.54, 1.807) is 24.3 Å². The number of hydrogen-bond acceptors (Lipinski definition) is 5. The third-order valence-electron chi connectivity index (χ3n) is 4.02. The van der Waals surface area contributed by atoms with Crippen LogP contribution >= 0.6 is 63.7 Å². The van der Waals surface area contributed by atoms with Gasteiger partial charge in [-0.25, -0.2) is 8.42 Å². The zero-order chi connectivity index (χ0) is 21.5. The van der Waals surface area contributed by atoms with Crippen LogP contribution in [0.2, 0.25) is 0 Å². The number of carbonyl (C=O) groups excluding carboxylic acids is 1. The summed E-state index contributed by atoms with van der Waals surface area (Å²) >= 11 is 13.1. The Bertz CT molecular complexity index is 1190. The van der Waals surface area contributed by atoms with Crippen LogP contribution < -0.4 is 29.6 Å². The standard InChI is InChI=1S/C19H10Br4O5S.Na/c20-13-5-10(6-14(21)18(13)24)17(11-7-15(22)19(25)16(23)8-11)9-1-3-12(4-2-9)29(26,27)28;/h1-8,24H,(H,26,27,28);/q;+1/p-1. The van der Waals surface area contributed by atoms with Crippen molar-refractivity contribution < 1.29 is 52.4 Å². The van der Waals surface area contributed by atoms with Crippen molar-refractivity contribution >= 4 is 85.2 Å². The number of phenolic OH excluding ortho intramolecular Hbond substituents is 1. The summed E-state index contributed by atoms with van der Waals surface area (Å²) in [7, 11) is -4.58. The Hall–Kier alpha value is -0.0400. The van der Waals surface area contributed by atoms with Crippen molar-refractivity contribution in [3.63, 3.8) is 0 Å². The summed E-state index contributed by atoms with van der Waals surface area (Å²) in [4.78, 5) is 11.7. The molecular weight excluding hydrogens is 683 g/mol. The first-order valence-corrected chi connectivity index (χ1v) is 12.3. The molecule has 0 fully saturated rings. The molecule has 150 valence electrons. The zero-order valence-corrected chi connectivity index (χ0v) is 24.3. The summed E-state index contributed by atoms with van der Waals surface area (Å²) in [6, 6.07) is 8.88. The molecule has 0 aromatic heterocycles. The summed E-state index contributed by atoms with van der Waals surface area (Å²) in [5, 5.41) is 10.0. The number of rotatable bonds is 3. The number of halogens is 4. The summed E-state index contributed by atoms with van der Waals surface area (Å²) in [5.74, 6) is -0.188. The van der Waals surface area contributed by atoms with E-state index in [9.17, 15) is 22.9 Å². The second-order valence-corrected chi connectivity index (χ2v) is 10.7. The molecule has 0 amide bonds. The van der Waals surface area contributed by atoms with E-state index in [0.717, 1.165) is 0 Å². The molecule has 0 unspecified atom stereocenters. The average Bonchev–Trinajstić information content (AvgIpc) is 2.64. The van der Waals surface area contributed by atoms with Gasteiger partial charge in [-0.2, -0.15) is 0 Å². The molecule has 0 heterocycles. The minimum absolute atomic E-state index is 0. The van der Waals surface area contributed by atoms with Crippen LogP contribution in [0.3, 0.4) is 0 Å². The number of benzene rings is 2. The van der Waals surface area contributed by atoms with Gasteiger partial charge >= 0.3 is 29.6 Å². The van der Waals surface area contributed by atoms with E-state index in [1.165, 1.54) is 24.3 Å². The van der Waals surface area contributed by atoms with Gasteiger partial charge in [-0.3, -0.25) is 4.79 Å². The summed E-state index contributed by atoms with van der Waals surface area (Å²) < 4.78 is 35.3. The molecule has 11 heteroatoms. The quantitative estimate of drug-likeness (QED) is 0.395. The van der Waals surface area contributed by atoms with E-state index in [1.807, 2.05) is 0 Å². The van der Waals surface area contributed by atoms with Crippen LogP contribution in [-0.2, 0) is 14.9 Å². The SMILES string of the molecule is O=C1C(Br)=CC(=C(c2ccc(S(=O)(=O)[O-])cc2)c2cc(Br)c(O)c(Br)c2)C=C1Br.[Na+]. The second kappa shape index (κ2) is 10.3. The van der Waals surface area contributed by atoms with E-state index in [-0.39, 0.29) is 46.0 Å². The molecule has 2 aromatic rings. The van der Waals surface area contributed by atoms with Gasteiger partial charge in [-0.15, -0.1) is 0 Å². The van der Waals surface area contributed by atoms with Crippen LogP contribution in [0, 0.1) is 0 Å². The van der Waals surface area contributed by atoms with Gasteiger partial charge in [-0.05, 0) is 122 Å². The maximum atomic E-state index is 12.1. The van der Waals surface area contributed by atoms with Gasteiger partial charge in [0.15, 0.2) is 0 Å². The number of aromatic hydroxyl groups is 1. The predicted molar refractivity (Wildman–Crippen MR) is 123 cm³/mol. The van der Waals surface area contributed by atoms with Crippen LogP contribution in [0.1, 0.15) is 11.1 Å². The maximum Gasteiger partial charge on any atom is 1.00 e. The Morgan fingerprint density at radius 1 is 0.867 bits per heavy atom. The minimum Gasteiger partial charge on any atom is -0.744 e. The fourth-order valence-corrected chi connectivity index (χ4v) is 5.54. The molecule has 1 N–H and O–H groups in total. The predicted octanol–water partition coefficient (Wildman–Crippen LogP) is 2.77. The van der Waals surface area contributed by atoms with Crippen molar-refractivity contribution in [2.24, 2.45) is 0 Å². The van der Waals surface area contributed by atoms with Crippen molar-refractivity contribution in [1.82, 2.24) is 0 Å². The molecule has 5 nitrogen and oxygen atoms in total. The Kier molecular flexibility index (Phi) is 8.97. The fraction of sp³-hybridized carbons (Fsp3) is 0. The van der Waals surface area contributed by atoms with Gasteiger partial charge in [0, 0.05) is 0 Å². The number of phenols is 1. The Labute approximate surface area is 228 Å². The average molecular weight is 692 g/mol. The van der Waals surface area contributed by atoms with Gasteiger partial charge in [0.1, 0.15) is 15.9 Å². The molecule has 0 saturated heterocycles. The van der Waals surface area contributed by atoms with Gasteiger partial charge in [0.2, 0.25) is 5.78 Å². The number of hydrogen-bond donors (Lipinski definition) is 1. The van der Waals surface area contributed by atoms with E-state index in [2.05, 4.69) is 63.7 Å². The summed E-state index contributed by atoms with van der Waals surface area (Å²) in [5.41, 5.74) is 2.60. The minimum atomic E-state index is -4.58. The molecule has 0 atom stereocenters. The van der Waals surface area contributed by atoms with Gasteiger partial charge in [0.25, 0.3) is 0 Å². The normalized spacial score (nSPS) is 14.0. The molecule has 0 saturated carbocycles. The monoisotopic (exact) mass is 688 g/mol. The molecule has 1 aliphatic carbocycles. The molecule has 1 aliphatic rings. The van der Waals surface area contributed by atoms with Gasteiger partial charge in [0.05, 0.1) is 22.8 Å². The molecule has 0 bridgehead atoms. The maximum absolute atomic E-state index is 12.1. The van der Waals surface area contributed by atoms with E-state index in [0.29, 0.717) is 40.2 Å². The second-order valence-electron chi connectivity index (χ2n) is 5.91. The third-order valence-corrected chi connectivity index (χ3v) is 7.26. The molecule has 0 spiro atoms. The molecule has 2 aromatic carbocycles. The Balaban J connectivity index is 0.00000320. The zero-order valence-electron chi connectivity index (χ0n) is 15.1. The fourth-order valence-electron chi connectivity index (χ4n) is 2.70. The van der Waals surface area contributed by atoms with Gasteiger partial charge < -0.3 is 9.66 Å². The van der Waals surface area contributed by atoms with Crippen molar-refractivity contribution in [2.75, 3.05) is 0 Å². The van der Waals surface area contributed by atoms with Gasteiger partial charge in [-0.1, -0.05) is 12.1 Å². The van der Waals surface area contributed by atoms with Crippen LogP contribution in [0.4, 0.5) is 0 Å². The smallest absolute Gasteiger partial charge is 0.744 e. The third kappa shape index (κ3) is 5.65. The van der Waals surface area contributed by atoms with Crippen molar-refractivity contribution in [3.05, 3.63) is 83.2 Å². The molecule has 0 aliphatic heterocycles. The Morgan fingerprint density at radius 3 is 1.77 bits per heavy atom. The van der Waals surface area contributed by atoms with Crippen molar-refractivity contribution in [2.45, 2.75) is 4.90 Å². The van der Waals surface area contributed by atoms with Crippen LogP contribution in [0.25, 0.3) is 5.57 Å². The number of Topliss-reactive ketones (excluding diaryl/α,β-unsaturated/α-hetero) is 1. The molecule has 3 rings (SSSR count). The largest absolute Gasteiger partial charge is 1.00 e. The van der Waals surface area contributed by atoms with Crippen molar-refractivity contribution in [3.8, 4) is 5.75 Å².